The molecule has 0 radical (unpaired) electrons. The van der Waals surface area contributed by atoms with Crippen LogP contribution in [0.4, 0.5) is 0 Å². The van der Waals surface area contributed by atoms with Crippen LogP contribution in [0.3, 0.4) is 0 Å². The normalized spacial score (nSPS) is 11.3. The lowest BCUT2D eigenvalue weighted by atomic mass is 10.1. The number of hydrogen-bond acceptors (Lipinski definition) is 4. The molecule has 0 unspecified atom stereocenters. The highest BCUT2D eigenvalue weighted by molar-refractivity contribution is 6.33. The second-order valence-electron chi connectivity index (χ2n) is 7.93. The molecule has 3 aromatic rings. The lowest BCUT2D eigenvalue weighted by Crippen LogP contribution is -2.39. The summed E-state index contributed by atoms with van der Waals surface area (Å²) in [5.41, 5.74) is 14.4. The van der Waals surface area contributed by atoms with Gasteiger partial charge in [0.1, 0.15) is 12.3 Å². The van der Waals surface area contributed by atoms with Crippen LogP contribution in [0.2, 0.25) is 5.02 Å². The number of aromatic nitrogens is 1. The number of nitrogens with one attached hydrogen (secondary N) is 1. The summed E-state index contributed by atoms with van der Waals surface area (Å²) in [6, 6.07) is 19.1. The van der Waals surface area contributed by atoms with Crippen molar-refractivity contribution in [2.45, 2.75) is 32.7 Å². The number of amides is 2. The van der Waals surface area contributed by atoms with Gasteiger partial charge in [-0.1, -0.05) is 36.7 Å². The Balaban J connectivity index is 1.85. The lowest BCUT2D eigenvalue weighted by Gasteiger charge is -2.15. The highest BCUT2D eigenvalue weighted by Gasteiger charge is 2.17. The topological polar surface area (TPSA) is 125 Å². The Morgan fingerprint density at radius 1 is 1.03 bits per heavy atom. The molecule has 2 aromatic carbocycles. The van der Waals surface area contributed by atoms with Crippen molar-refractivity contribution >= 4 is 29.4 Å². The number of carbonyl (C=O) groups is 2. The summed E-state index contributed by atoms with van der Waals surface area (Å²) in [5, 5.41) is 3.19. The number of guanidine groups is 1. The fourth-order valence-electron chi connectivity index (χ4n) is 3.55. The van der Waals surface area contributed by atoms with Crippen molar-refractivity contribution in [3.63, 3.8) is 0 Å². The Labute approximate surface area is 209 Å². The average molecular weight is 496 g/mol. The zero-order chi connectivity index (χ0) is 25.2. The van der Waals surface area contributed by atoms with Crippen molar-refractivity contribution < 1.29 is 14.3 Å². The maximum absolute atomic E-state index is 12.9. The summed E-state index contributed by atoms with van der Waals surface area (Å²) in [4.78, 5) is 27.8. The number of halogens is 1. The smallest absolute Gasteiger partial charge is 0.246 e. The largest absolute Gasteiger partial charge is 0.494 e. The molecule has 0 saturated heterocycles. The van der Waals surface area contributed by atoms with E-state index in [0.717, 1.165) is 34.7 Å². The average Bonchev–Trinajstić information content (AvgIpc) is 3.24. The van der Waals surface area contributed by atoms with Crippen LogP contribution in [0, 0.1) is 0 Å². The van der Waals surface area contributed by atoms with Gasteiger partial charge in [0.15, 0.2) is 5.96 Å². The van der Waals surface area contributed by atoms with Gasteiger partial charge < -0.3 is 20.8 Å². The van der Waals surface area contributed by atoms with Crippen molar-refractivity contribution in [2.75, 3.05) is 13.2 Å². The van der Waals surface area contributed by atoms with E-state index in [1.165, 1.54) is 0 Å². The molecule has 0 atom stereocenters. The van der Waals surface area contributed by atoms with Crippen molar-refractivity contribution in [2.24, 2.45) is 16.5 Å². The molecule has 2 amide bonds. The second-order valence-corrected chi connectivity index (χ2v) is 8.33. The summed E-state index contributed by atoms with van der Waals surface area (Å²) in [6.07, 6.45) is 1.60. The van der Waals surface area contributed by atoms with Crippen LogP contribution in [-0.4, -0.2) is 35.5 Å². The maximum Gasteiger partial charge on any atom is 0.246 e. The first-order valence-corrected chi connectivity index (χ1v) is 11.8. The molecule has 3 rings (SSSR count). The van der Waals surface area contributed by atoms with E-state index >= 15 is 0 Å². The third-order valence-corrected chi connectivity index (χ3v) is 5.52. The molecule has 9 heteroatoms. The number of carbonyl (C=O) groups excluding carboxylic acids is 2. The molecule has 0 saturated carbocycles. The third kappa shape index (κ3) is 7.35. The molecule has 0 bridgehead atoms. The number of rotatable bonds is 11. The standard InChI is InChI=1S/C26H30ClN5O3/c1-2-16-35-19-11-9-18(10-12-19)22-13-14-23(20-6-3-4-7-21(20)27)32(22)17-25(34)31-26(29)30-15-5-8-24(28)33/h3-4,6-7,9-14H,2,5,8,15-17H2,1H3,(H2,28,33)(H3,29,30,31,34). The van der Waals surface area contributed by atoms with Gasteiger partial charge in [0, 0.05) is 29.2 Å². The maximum atomic E-state index is 12.9. The zero-order valence-corrected chi connectivity index (χ0v) is 20.4. The molecular formula is C26H30ClN5O3. The molecule has 0 aliphatic heterocycles. The van der Waals surface area contributed by atoms with Gasteiger partial charge in [-0.15, -0.1) is 0 Å². The van der Waals surface area contributed by atoms with Gasteiger partial charge in [0.2, 0.25) is 11.8 Å². The highest BCUT2D eigenvalue weighted by Crippen LogP contribution is 2.33. The molecule has 35 heavy (non-hydrogen) atoms. The van der Waals surface area contributed by atoms with Gasteiger partial charge >= 0.3 is 0 Å². The van der Waals surface area contributed by atoms with Gasteiger partial charge in [-0.25, -0.2) is 0 Å². The predicted molar refractivity (Wildman–Crippen MR) is 139 cm³/mol. The minimum atomic E-state index is -0.403. The minimum absolute atomic E-state index is 0.00547. The molecule has 0 aliphatic carbocycles. The fraction of sp³-hybridized carbons (Fsp3) is 0.269. The quantitative estimate of drug-likeness (QED) is 0.211. The summed E-state index contributed by atoms with van der Waals surface area (Å²) >= 11 is 6.47. The molecule has 0 aliphatic rings. The number of hydrogen-bond donors (Lipinski definition) is 3. The summed E-state index contributed by atoms with van der Waals surface area (Å²) in [7, 11) is 0. The highest BCUT2D eigenvalue weighted by atomic mass is 35.5. The molecule has 1 aromatic heterocycles. The molecule has 8 nitrogen and oxygen atoms in total. The number of nitrogens with two attached hydrogens (primary N) is 2. The van der Waals surface area contributed by atoms with E-state index in [1.807, 2.05) is 65.2 Å². The Hall–Kier alpha value is -3.78. The van der Waals surface area contributed by atoms with Crippen LogP contribution >= 0.6 is 11.6 Å². The number of aliphatic imine (C=N–C) groups is 1. The van der Waals surface area contributed by atoms with Crippen molar-refractivity contribution in [1.29, 1.82) is 0 Å². The van der Waals surface area contributed by atoms with Gasteiger partial charge in [0.05, 0.1) is 12.3 Å². The SMILES string of the molecule is CCCOc1ccc(-c2ccc(-c3ccccc3Cl)n2CC(=O)NC(N)=NCCCC(N)=O)cc1. The first-order chi connectivity index (χ1) is 16.9. The van der Waals surface area contributed by atoms with Crippen LogP contribution < -0.4 is 21.5 Å². The molecule has 0 spiro atoms. The molecule has 0 fully saturated rings. The predicted octanol–water partition coefficient (Wildman–Crippen LogP) is 3.96. The van der Waals surface area contributed by atoms with Gasteiger partial charge in [-0.05, 0) is 60.9 Å². The fourth-order valence-corrected chi connectivity index (χ4v) is 3.79. The lowest BCUT2D eigenvalue weighted by molar-refractivity contribution is -0.120. The second kappa shape index (κ2) is 12.6. The van der Waals surface area contributed by atoms with E-state index < -0.39 is 5.91 Å². The van der Waals surface area contributed by atoms with Crippen LogP contribution in [0.1, 0.15) is 26.2 Å². The number of ether oxygens (including phenoxy) is 1. The van der Waals surface area contributed by atoms with E-state index in [-0.39, 0.29) is 24.8 Å². The van der Waals surface area contributed by atoms with Gasteiger partial charge in [-0.2, -0.15) is 0 Å². The third-order valence-electron chi connectivity index (χ3n) is 5.19. The van der Waals surface area contributed by atoms with E-state index in [9.17, 15) is 9.59 Å². The van der Waals surface area contributed by atoms with Gasteiger partial charge in [0.25, 0.3) is 0 Å². The zero-order valence-electron chi connectivity index (χ0n) is 19.7. The van der Waals surface area contributed by atoms with Crippen molar-refractivity contribution in [1.82, 2.24) is 9.88 Å². The summed E-state index contributed by atoms with van der Waals surface area (Å²) in [5.74, 6) is 0.0396. The number of primary amides is 1. The Kier molecular flexibility index (Phi) is 9.31. The van der Waals surface area contributed by atoms with E-state index in [2.05, 4.69) is 17.2 Å². The van der Waals surface area contributed by atoms with Crippen LogP contribution in [0.5, 0.6) is 5.75 Å². The van der Waals surface area contributed by atoms with E-state index in [0.29, 0.717) is 24.6 Å². The molecule has 1 heterocycles. The summed E-state index contributed by atoms with van der Waals surface area (Å²) < 4.78 is 7.57. The number of nitrogens with zero attached hydrogens (tertiary/aromatic N) is 2. The number of benzene rings is 2. The molecule has 184 valence electrons. The Morgan fingerprint density at radius 2 is 1.74 bits per heavy atom. The Morgan fingerprint density at radius 3 is 2.43 bits per heavy atom. The molecule has 5 N–H and O–H groups in total. The van der Waals surface area contributed by atoms with Crippen LogP contribution in [0.25, 0.3) is 22.5 Å². The monoisotopic (exact) mass is 495 g/mol. The van der Waals surface area contributed by atoms with Crippen LogP contribution in [-0.2, 0) is 16.1 Å². The molecular weight excluding hydrogens is 466 g/mol. The summed E-state index contributed by atoms with van der Waals surface area (Å²) in [6.45, 7) is 2.99. The van der Waals surface area contributed by atoms with Gasteiger partial charge in [-0.3, -0.25) is 19.9 Å². The first kappa shape index (κ1) is 25.8. The minimum Gasteiger partial charge on any atom is -0.494 e. The van der Waals surface area contributed by atoms with E-state index in [1.54, 1.807) is 0 Å². The van der Waals surface area contributed by atoms with Crippen molar-refractivity contribution in [3.05, 3.63) is 65.7 Å². The first-order valence-electron chi connectivity index (χ1n) is 11.4. The Bertz CT molecular complexity index is 1190. The van der Waals surface area contributed by atoms with E-state index in [4.69, 9.17) is 27.8 Å². The van der Waals surface area contributed by atoms with Crippen LogP contribution in [0.15, 0.2) is 65.7 Å². The van der Waals surface area contributed by atoms with Crippen molar-refractivity contribution in [3.8, 4) is 28.3 Å².